The summed E-state index contributed by atoms with van der Waals surface area (Å²) in [5.41, 5.74) is 0.991. The SMILES string of the molecule is CC1(C)O[C@@H]2[C@H](n3cnc4c(Cl)nc(Cl)nc43)OC[C@H]2O1. The first kappa shape index (κ1) is 13.7. The van der Waals surface area contributed by atoms with Crippen molar-refractivity contribution in [2.75, 3.05) is 6.61 Å². The molecule has 2 aliphatic rings. The normalized spacial score (nSPS) is 31.0. The molecular formula is C12H12Cl2N4O3. The van der Waals surface area contributed by atoms with Crippen molar-refractivity contribution in [2.24, 2.45) is 0 Å². The molecule has 0 aromatic carbocycles. The number of hydrogen-bond donors (Lipinski definition) is 0. The van der Waals surface area contributed by atoms with Crippen LogP contribution >= 0.6 is 23.2 Å². The summed E-state index contributed by atoms with van der Waals surface area (Å²) in [7, 11) is 0. The average Bonchev–Trinajstić information content (AvgIpc) is 3.00. The van der Waals surface area contributed by atoms with Crippen LogP contribution < -0.4 is 0 Å². The molecule has 21 heavy (non-hydrogen) atoms. The van der Waals surface area contributed by atoms with Crippen molar-refractivity contribution in [3.8, 4) is 0 Å². The molecular weight excluding hydrogens is 319 g/mol. The van der Waals surface area contributed by atoms with E-state index in [0.717, 1.165) is 0 Å². The molecule has 9 heteroatoms. The van der Waals surface area contributed by atoms with Crippen LogP contribution in [-0.2, 0) is 14.2 Å². The monoisotopic (exact) mass is 330 g/mol. The Morgan fingerprint density at radius 1 is 1.29 bits per heavy atom. The fourth-order valence-electron chi connectivity index (χ4n) is 2.80. The highest BCUT2D eigenvalue weighted by Gasteiger charge is 2.51. The van der Waals surface area contributed by atoms with Gasteiger partial charge in [0, 0.05) is 0 Å². The summed E-state index contributed by atoms with van der Waals surface area (Å²) >= 11 is 11.9. The van der Waals surface area contributed by atoms with E-state index in [0.29, 0.717) is 17.8 Å². The molecule has 2 fully saturated rings. The van der Waals surface area contributed by atoms with Crippen molar-refractivity contribution < 1.29 is 14.2 Å². The molecule has 2 aromatic heterocycles. The van der Waals surface area contributed by atoms with Gasteiger partial charge in [-0.1, -0.05) is 11.6 Å². The van der Waals surface area contributed by atoms with Gasteiger partial charge in [-0.05, 0) is 25.4 Å². The summed E-state index contributed by atoms with van der Waals surface area (Å²) in [6.45, 7) is 4.21. The Bertz CT molecular complexity index is 720. The van der Waals surface area contributed by atoms with E-state index in [9.17, 15) is 0 Å². The Kier molecular flexibility index (Phi) is 2.93. The lowest BCUT2D eigenvalue weighted by Gasteiger charge is -2.22. The largest absolute Gasteiger partial charge is 0.352 e. The molecule has 0 unspecified atom stereocenters. The Morgan fingerprint density at radius 2 is 2.10 bits per heavy atom. The molecule has 0 aliphatic carbocycles. The molecule has 0 radical (unpaired) electrons. The third-order valence-corrected chi connectivity index (χ3v) is 3.99. The predicted octanol–water partition coefficient (Wildman–Crippen LogP) is 2.18. The Morgan fingerprint density at radius 3 is 2.90 bits per heavy atom. The van der Waals surface area contributed by atoms with Gasteiger partial charge in [0.25, 0.3) is 0 Å². The quantitative estimate of drug-likeness (QED) is 0.589. The van der Waals surface area contributed by atoms with Gasteiger partial charge in [0.05, 0.1) is 12.9 Å². The molecule has 4 rings (SSSR count). The van der Waals surface area contributed by atoms with Gasteiger partial charge in [-0.15, -0.1) is 0 Å². The minimum atomic E-state index is -0.627. The first-order valence-electron chi connectivity index (χ1n) is 6.47. The van der Waals surface area contributed by atoms with Crippen LogP contribution in [0.5, 0.6) is 0 Å². The van der Waals surface area contributed by atoms with Crippen LogP contribution in [0.1, 0.15) is 20.1 Å². The van der Waals surface area contributed by atoms with E-state index < -0.39 is 5.79 Å². The highest BCUT2D eigenvalue weighted by molar-refractivity contribution is 6.35. The second kappa shape index (κ2) is 4.50. The second-order valence-corrected chi connectivity index (χ2v) is 6.17. The lowest BCUT2D eigenvalue weighted by atomic mass is 10.2. The smallest absolute Gasteiger partial charge is 0.225 e. The van der Waals surface area contributed by atoms with Gasteiger partial charge in [0.2, 0.25) is 5.28 Å². The van der Waals surface area contributed by atoms with Crippen LogP contribution in [0.2, 0.25) is 10.4 Å². The van der Waals surface area contributed by atoms with Crippen molar-refractivity contribution in [1.29, 1.82) is 0 Å². The summed E-state index contributed by atoms with van der Waals surface area (Å²) in [6, 6.07) is 0. The first-order valence-corrected chi connectivity index (χ1v) is 7.23. The lowest BCUT2D eigenvalue weighted by Crippen LogP contribution is -2.27. The first-order chi connectivity index (χ1) is 9.94. The minimum absolute atomic E-state index is 0.0627. The topological polar surface area (TPSA) is 71.3 Å². The molecule has 4 heterocycles. The summed E-state index contributed by atoms with van der Waals surface area (Å²) in [4.78, 5) is 12.3. The molecule has 0 amide bonds. The van der Waals surface area contributed by atoms with E-state index in [1.807, 2.05) is 13.8 Å². The number of imidazole rings is 1. The molecule has 112 valence electrons. The average molecular weight is 331 g/mol. The number of rotatable bonds is 1. The fourth-order valence-corrected chi connectivity index (χ4v) is 3.23. The number of halogens is 2. The van der Waals surface area contributed by atoms with Crippen LogP contribution in [0.25, 0.3) is 11.2 Å². The molecule has 0 N–H and O–H groups in total. The van der Waals surface area contributed by atoms with Crippen molar-refractivity contribution in [2.45, 2.75) is 38.1 Å². The number of nitrogens with zero attached hydrogens (tertiary/aromatic N) is 4. The molecule has 3 atom stereocenters. The number of aromatic nitrogens is 4. The Balaban J connectivity index is 1.77. The zero-order valence-corrected chi connectivity index (χ0v) is 12.8. The van der Waals surface area contributed by atoms with E-state index in [4.69, 9.17) is 37.4 Å². The van der Waals surface area contributed by atoms with E-state index in [1.54, 1.807) is 10.9 Å². The van der Waals surface area contributed by atoms with Crippen molar-refractivity contribution in [3.63, 3.8) is 0 Å². The van der Waals surface area contributed by atoms with E-state index in [2.05, 4.69) is 15.0 Å². The van der Waals surface area contributed by atoms with Crippen molar-refractivity contribution in [1.82, 2.24) is 19.5 Å². The Hall–Kier alpha value is -0.990. The molecule has 0 bridgehead atoms. The second-order valence-electron chi connectivity index (χ2n) is 5.47. The molecule has 2 saturated heterocycles. The molecule has 7 nitrogen and oxygen atoms in total. The van der Waals surface area contributed by atoms with Crippen LogP contribution in [0, 0.1) is 0 Å². The van der Waals surface area contributed by atoms with Crippen LogP contribution in [0.4, 0.5) is 0 Å². The zero-order valence-electron chi connectivity index (χ0n) is 11.3. The van der Waals surface area contributed by atoms with Gasteiger partial charge in [0.15, 0.2) is 22.8 Å². The zero-order chi connectivity index (χ0) is 14.8. The predicted molar refractivity (Wildman–Crippen MR) is 74.2 cm³/mol. The molecule has 0 saturated carbocycles. The van der Waals surface area contributed by atoms with Crippen LogP contribution in [0.3, 0.4) is 0 Å². The van der Waals surface area contributed by atoms with E-state index >= 15 is 0 Å². The third kappa shape index (κ3) is 2.11. The molecule has 2 aliphatic heterocycles. The van der Waals surface area contributed by atoms with Gasteiger partial charge < -0.3 is 14.2 Å². The number of hydrogen-bond acceptors (Lipinski definition) is 6. The van der Waals surface area contributed by atoms with Crippen LogP contribution in [-0.4, -0.2) is 44.1 Å². The third-order valence-electron chi connectivity index (χ3n) is 3.56. The summed E-state index contributed by atoms with van der Waals surface area (Å²) in [5.74, 6) is -0.627. The standard InChI is InChI=1S/C12H12Cl2N4O3/c1-12(2)20-5-3-19-10(7(5)21-12)18-4-15-6-8(13)16-11(14)17-9(6)18/h4-5,7,10H,3H2,1-2H3/t5-,7+,10-/m1/s1. The fraction of sp³-hybridized carbons (Fsp3) is 0.583. The summed E-state index contributed by atoms with van der Waals surface area (Å²) < 4.78 is 19.2. The highest BCUT2D eigenvalue weighted by Crippen LogP contribution is 2.40. The maximum Gasteiger partial charge on any atom is 0.225 e. The highest BCUT2D eigenvalue weighted by atomic mass is 35.5. The van der Waals surface area contributed by atoms with Gasteiger partial charge in [-0.2, -0.15) is 4.98 Å². The summed E-state index contributed by atoms with van der Waals surface area (Å²) in [6.07, 6.45) is 0.868. The molecule has 0 spiro atoms. The van der Waals surface area contributed by atoms with Gasteiger partial charge >= 0.3 is 0 Å². The number of fused-ring (bicyclic) bond motifs is 2. The van der Waals surface area contributed by atoms with E-state index in [1.165, 1.54) is 0 Å². The van der Waals surface area contributed by atoms with Crippen LogP contribution in [0.15, 0.2) is 6.33 Å². The van der Waals surface area contributed by atoms with Gasteiger partial charge in [0.1, 0.15) is 17.7 Å². The number of ether oxygens (including phenoxy) is 3. The summed E-state index contributed by atoms with van der Waals surface area (Å²) in [5, 5.41) is 0.273. The van der Waals surface area contributed by atoms with Crippen molar-refractivity contribution >= 4 is 34.4 Å². The Labute approximate surface area is 130 Å². The maximum absolute atomic E-state index is 6.03. The minimum Gasteiger partial charge on any atom is -0.352 e. The van der Waals surface area contributed by atoms with Gasteiger partial charge in [-0.3, -0.25) is 4.57 Å². The maximum atomic E-state index is 6.03. The van der Waals surface area contributed by atoms with Gasteiger partial charge in [-0.25, -0.2) is 9.97 Å². The molecule has 2 aromatic rings. The van der Waals surface area contributed by atoms with E-state index in [-0.39, 0.29) is 28.9 Å². The lowest BCUT2D eigenvalue weighted by molar-refractivity contribution is -0.183. The van der Waals surface area contributed by atoms with Crippen molar-refractivity contribution in [3.05, 3.63) is 16.8 Å².